The average Bonchev–Trinajstić information content (AvgIpc) is 2.62. The smallest absolute Gasteiger partial charge is 0.0731 e. The summed E-state index contributed by atoms with van der Waals surface area (Å²) in [7, 11) is 2.18. The molecule has 0 bridgehead atoms. The second kappa shape index (κ2) is 8.74. The number of likely N-dealkylation sites (N-methyl/N-ethyl adjacent to an activating group) is 1. The maximum absolute atomic E-state index is 4.85. The Hall–Kier alpha value is -1.50. The number of pyridine rings is 2. The predicted octanol–water partition coefficient (Wildman–Crippen LogP) is -2.94. The van der Waals surface area contributed by atoms with Crippen LogP contribution in [-0.2, 0) is 0 Å². The molecule has 1 saturated heterocycles. The summed E-state index contributed by atoms with van der Waals surface area (Å²) in [6, 6.07) is 14.7. The molecule has 4 rings (SSSR count). The average molecular weight is 464 g/mol. The van der Waals surface area contributed by atoms with Crippen molar-refractivity contribution in [2.75, 3.05) is 38.1 Å². The second-order valence-electron chi connectivity index (χ2n) is 6.07. The van der Waals surface area contributed by atoms with Crippen molar-refractivity contribution in [3.8, 4) is 11.3 Å². The van der Waals surface area contributed by atoms with Crippen molar-refractivity contribution >= 4 is 16.6 Å². The van der Waals surface area contributed by atoms with Gasteiger partial charge in [-0.2, -0.15) is 0 Å². The van der Waals surface area contributed by atoms with E-state index < -0.39 is 0 Å². The van der Waals surface area contributed by atoms with Crippen LogP contribution in [0.2, 0.25) is 0 Å². The molecule has 132 valence electrons. The fraction of sp³-hybridized carbons (Fsp3) is 0.263. The van der Waals surface area contributed by atoms with Gasteiger partial charge in [-0.3, -0.25) is 4.98 Å². The molecule has 0 radical (unpaired) electrons. The molecule has 1 aliphatic rings. The van der Waals surface area contributed by atoms with Crippen molar-refractivity contribution in [3.63, 3.8) is 0 Å². The molecule has 1 aliphatic heterocycles. The zero-order valence-electron chi connectivity index (χ0n) is 14.1. The largest absolute Gasteiger partial charge is 1.00 e. The molecule has 3 aromatic rings. The maximum Gasteiger partial charge on any atom is 0.0731 e. The lowest BCUT2D eigenvalue weighted by Gasteiger charge is -2.34. The lowest BCUT2D eigenvalue weighted by atomic mass is 10.1. The minimum absolute atomic E-state index is 0. The first kappa shape index (κ1) is 19.8. The summed E-state index contributed by atoms with van der Waals surface area (Å²) in [4.78, 5) is 13.8. The minimum Gasteiger partial charge on any atom is -1.00 e. The molecule has 0 unspecified atom stereocenters. The van der Waals surface area contributed by atoms with Gasteiger partial charge in [0.1, 0.15) is 0 Å². The van der Waals surface area contributed by atoms with Crippen LogP contribution in [0.5, 0.6) is 0 Å². The molecular weight excluding hydrogens is 444 g/mol. The Morgan fingerprint density at radius 2 is 1.56 bits per heavy atom. The molecule has 4 nitrogen and oxygen atoms in total. The van der Waals surface area contributed by atoms with Crippen molar-refractivity contribution in [3.05, 3.63) is 54.9 Å². The number of hydrogen-bond donors (Lipinski definition) is 0. The zero-order valence-corrected chi connectivity index (χ0v) is 17.2. The number of benzene rings is 1. The topological polar surface area (TPSA) is 32.3 Å². The number of halogens is 2. The Morgan fingerprint density at radius 1 is 0.880 bits per heavy atom. The van der Waals surface area contributed by atoms with E-state index in [9.17, 15) is 0 Å². The van der Waals surface area contributed by atoms with E-state index in [0.29, 0.717) is 0 Å². The molecular formula is C19H20Br2N4-2. The Kier molecular flexibility index (Phi) is 6.93. The normalized spacial score (nSPS) is 14.7. The highest BCUT2D eigenvalue weighted by molar-refractivity contribution is 5.94. The van der Waals surface area contributed by atoms with E-state index in [1.807, 2.05) is 24.5 Å². The van der Waals surface area contributed by atoms with Crippen LogP contribution < -0.4 is 38.9 Å². The number of anilines is 1. The van der Waals surface area contributed by atoms with E-state index in [1.54, 1.807) is 0 Å². The highest BCUT2D eigenvalue weighted by atomic mass is 79.9. The fourth-order valence-electron chi connectivity index (χ4n) is 3.14. The third-order valence-electron chi connectivity index (χ3n) is 4.51. The number of piperazine rings is 1. The van der Waals surface area contributed by atoms with Gasteiger partial charge in [-0.1, -0.05) is 18.2 Å². The van der Waals surface area contributed by atoms with E-state index in [0.717, 1.165) is 43.0 Å². The highest BCUT2D eigenvalue weighted by Crippen LogP contribution is 2.31. The Bertz CT molecular complexity index is 818. The summed E-state index contributed by atoms with van der Waals surface area (Å²) in [5.74, 6) is 0. The third-order valence-corrected chi connectivity index (χ3v) is 4.51. The van der Waals surface area contributed by atoms with Crippen molar-refractivity contribution in [2.24, 2.45) is 0 Å². The third kappa shape index (κ3) is 4.19. The molecule has 1 aromatic carbocycles. The summed E-state index contributed by atoms with van der Waals surface area (Å²) >= 11 is 0. The molecule has 0 spiro atoms. The molecule has 0 N–H and O–H groups in total. The monoisotopic (exact) mass is 462 g/mol. The molecule has 0 atom stereocenters. The summed E-state index contributed by atoms with van der Waals surface area (Å²) in [6.07, 6.45) is 3.64. The van der Waals surface area contributed by atoms with Crippen LogP contribution in [-0.4, -0.2) is 48.1 Å². The SMILES string of the molecule is CN1CCN(c2cc(-c3ccncc3)nc3ccccc23)CC1.[Br-].[Br-]. The first-order chi connectivity index (χ1) is 11.3. The van der Waals surface area contributed by atoms with Crippen molar-refractivity contribution < 1.29 is 34.0 Å². The number of aromatic nitrogens is 2. The summed E-state index contributed by atoms with van der Waals surface area (Å²) in [5.41, 5.74) is 4.47. The summed E-state index contributed by atoms with van der Waals surface area (Å²) in [6.45, 7) is 4.31. The lowest BCUT2D eigenvalue weighted by Crippen LogP contribution is -3.00. The van der Waals surface area contributed by atoms with Gasteiger partial charge in [0.05, 0.1) is 11.2 Å². The van der Waals surface area contributed by atoms with Crippen molar-refractivity contribution in [2.45, 2.75) is 0 Å². The Labute approximate surface area is 169 Å². The fourth-order valence-corrected chi connectivity index (χ4v) is 3.14. The van der Waals surface area contributed by atoms with Gasteiger partial charge < -0.3 is 43.8 Å². The van der Waals surface area contributed by atoms with Crippen LogP contribution in [0.15, 0.2) is 54.9 Å². The van der Waals surface area contributed by atoms with E-state index in [4.69, 9.17) is 4.98 Å². The number of hydrogen-bond acceptors (Lipinski definition) is 4. The van der Waals surface area contributed by atoms with Gasteiger partial charge in [0.15, 0.2) is 0 Å². The van der Waals surface area contributed by atoms with E-state index in [2.05, 4.69) is 52.2 Å². The standard InChI is InChI=1S/C19H20N4.2BrH/c1-22-10-12-23(13-11-22)19-14-18(15-6-8-20-9-7-15)21-17-5-3-2-4-16(17)19;;/h2-9,14H,10-13H2,1H3;2*1H/p-2. The molecule has 0 aliphatic carbocycles. The van der Waals surface area contributed by atoms with E-state index in [-0.39, 0.29) is 34.0 Å². The van der Waals surface area contributed by atoms with Crippen LogP contribution >= 0.6 is 0 Å². The predicted molar refractivity (Wildman–Crippen MR) is 94.7 cm³/mol. The second-order valence-corrected chi connectivity index (χ2v) is 6.07. The Morgan fingerprint density at radius 3 is 2.28 bits per heavy atom. The lowest BCUT2D eigenvalue weighted by molar-refractivity contribution is -0.00100. The number of para-hydroxylation sites is 1. The van der Waals surface area contributed by atoms with Crippen LogP contribution in [0.3, 0.4) is 0 Å². The van der Waals surface area contributed by atoms with Gasteiger partial charge in [-0.25, -0.2) is 4.98 Å². The summed E-state index contributed by atoms with van der Waals surface area (Å²) < 4.78 is 0. The van der Waals surface area contributed by atoms with Crippen LogP contribution in [0.25, 0.3) is 22.2 Å². The van der Waals surface area contributed by atoms with Gasteiger partial charge in [0.2, 0.25) is 0 Å². The van der Waals surface area contributed by atoms with E-state index >= 15 is 0 Å². The zero-order chi connectivity index (χ0) is 15.6. The minimum atomic E-state index is 0. The van der Waals surface area contributed by atoms with Gasteiger partial charge in [0.25, 0.3) is 0 Å². The van der Waals surface area contributed by atoms with Crippen LogP contribution in [0.4, 0.5) is 5.69 Å². The first-order valence-corrected chi connectivity index (χ1v) is 8.05. The molecule has 6 heteroatoms. The van der Waals surface area contributed by atoms with Gasteiger partial charge >= 0.3 is 0 Å². The first-order valence-electron chi connectivity index (χ1n) is 8.05. The molecule has 0 saturated carbocycles. The van der Waals surface area contributed by atoms with Crippen LogP contribution in [0, 0.1) is 0 Å². The maximum atomic E-state index is 4.85. The number of fused-ring (bicyclic) bond motifs is 1. The van der Waals surface area contributed by atoms with Gasteiger partial charge in [-0.15, -0.1) is 0 Å². The number of rotatable bonds is 2. The quantitative estimate of drug-likeness (QED) is 0.407. The molecule has 3 heterocycles. The van der Waals surface area contributed by atoms with Gasteiger partial charge in [0, 0.05) is 55.2 Å². The van der Waals surface area contributed by atoms with Crippen molar-refractivity contribution in [1.29, 1.82) is 0 Å². The van der Waals surface area contributed by atoms with E-state index in [1.165, 1.54) is 11.1 Å². The molecule has 2 aromatic heterocycles. The molecule has 1 fully saturated rings. The highest BCUT2D eigenvalue weighted by Gasteiger charge is 2.18. The molecule has 25 heavy (non-hydrogen) atoms. The molecule has 0 amide bonds. The Balaban J connectivity index is 0.00000113. The van der Waals surface area contributed by atoms with Crippen LogP contribution in [0.1, 0.15) is 0 Å². The van der Waals surface area contributed by atoms with Gasteiger partial charge in [-0.05, 0) is 31.3 Å². The van der Waals surface area contributed by atoms with Crippen molar-refractivity contribution in [1.82, 2.24) is 14.9 Å². The number of nitrogens with zero attached hydrogens (tertiary/aromatic N) is 4. The summed E-state index contributed by atoms with van der Waals surface area (Å²) in [5, 5.41) is 1.23.